The third kappa shape index (κ3) is 2.93. The molecule has 2 aliphatic heterocycles. The monoisotopic (exact) mass is 423 g/mol. The number of aliphatic imine (C=N–C) groups is 1. The number of rotatable bonds is 4. The maximum absolute atomic E-state index is 13.3. The van der Waals surface area contributed by atoms with Crippen LogP contribution in [0.4, 0.5) is 5.82 Å². The van der Waals surface area contributed by atoms with E-state index in [1.807, 2.05) is 42.7 Å². The third-order valence-electron chi connectivity index (χ3n) is 6.27. The maximum Gasteiger partial charge on any atom is 0.332 e. The van der Waals surface area contributed by atoms with Gasteiger partial charge in [-0.15, -0.1) is 0 Å². The summed E-state index contributed by atoms with van der Waals surface area (Å²) >= 11 is 1.55. The predicted molar refractivity (Wildman–Crippen MR) is 121 cm³/mol. The fraction of sp³-hybridized carbons (Fsp3) is 0.409. The largest absolute Gasteiger partial charge is 0.384 e. The second kappa shape index (κ2) is 7.50. The van der Waals surface area contributed by atoms with Crippen LogP contribution >= 0.6 is 11.8 Å². The zero-order valence-electron chi connectivity index (χ0n) is 17.0. The van der Waals surface area contributed by atoms with Crippen LogP contribution in [0, 0.1) is 0 Å². The number of hydrogen-bond donors (Lipinski definition) is 1. The predicted octanol–water partition coefficient (Wildman–Crippen LogP) is 2.69. The number of benzene rings is 1. The molecule has 2 aromatic rings. The fourth-order valence-electron chi connectivity index (χ4n) is 4.76. The Morgan fingerprint density at radius 3 is 2.67 bits per heavy atom. The first-order valence-corrected chi connectivity index (χ1v) is 11.4. The molecule has 7 nitrogen and oxygen atoms in total. The van der Waals surface area contributed by atoms with Crippen molar-refractivity contribution in [3.8, 4) is 0 Å². The molecule has 156 valence electrons. The van der Waals surface area contributed by atoms with E-state index >= 15 is 0 Å². The van der Waals surface area contributed by atoms with Gasteiger partial charge in [-0.25, -0.2) is 4.79 Å². The Bertz CT molecular complexity index is 1160. The van der Waals surface area contributed by atoms with E-state index in [9.17, 15) is 9.59 Å². The first-order valence-electron chi connectivity index (χ1n) is 10.5. The summed E-state index contributed by atoms with van der Waals surface area (Å²) in [5.41, 5.74) is 7.99. The number of anilines is 1. The summed E-state index contributed by atoms with van der Waals surface area (Å²) in [5, 5.41) is 2.92. The highest BCUT2D eigenvalue weighted by Gasteiger charge is 2.43. The first-order chi connectivity index (χ1) is 14.6. The average Bonchev–Trinajstić information content (AvgIpc) is 3.32. The SMILES string of the molecule is CCn1c(=O)c(C2=CSC3=N[C@@H]4CCCC[C@@H]4N23)c(N)n(Cc2ccccc2)c1=O. The molecule has 0 radical (unpaired) electrons. The molecule has 8 heteroatoms. The van der Waals surface area contributed by atoms with E-state index in [1.165, 1.54) is 22.0 Å². The number of aromatic nitrogens is 2. The van der Waals surface area contributed by atoms with Crippen molar-refractivity contribution in [1.82, 2.24) is 14.0 Å². The summed E-state index contributed by atoms with van der Waals surface area (Å²) in [5.74, 6) is 0.228. The Hall–Kier alpha value is -2.74. The van der Waals surface area contributed by atoms with Gasteiger partial charge in [0.25, 0.3) is 5.56 Å². The lowest BCUT2D eigenvalue weighted by Gasteiger charge is -2.32. The van der Waals surface area contributed by atoms with Gasteiger partial charge in [0.1, 0.15) is 11.4 Å². The zero-order valence-corrected chi connectivity index (χ0v) is 17.8. The second-order valence-corrected chi connectivity index (χ2v) is 8.82. The molecule has 1 aliphatic carbocycles. The highest BCUT2D eigenvalue weighted by Crippen LogP contribution is 2.44. The van der Waals surface area contributed by atoms with Crippen LogP contribution in [-0.2, 0) is 13.1 Å². The van der Waals surface area contributed by atoms with Gasteiger partial charge in [-0.3, -0.25) is 18.9 Å². The van der Waals surface area contributed by atoms with E-state index < -0.39 is 0 Å². The van der Waals surface area contributed by atoms with Crippen LogP contribution in [0.3, 0.4) is 0 Å². The molecular weight excluding hydrogens is 398 g/mol. The Morgan fingerprint density at radius 1 is 1.13 bits per heavy atom. The van der Waals surface area contributed by atoms with Crippen molar-refractivity contribution in [2.45, 2.75) is 57.8 Å². The van der Waals surface area contributed by atoms with Crippen molar-refractivity contribution in [1.29, 1.82) is 0 Å². The Morgan fingerprint density at radius 2 is 1.90 bits per heavy atom. The van der Waals surface area contributed by atoms with Gasteiger partial charge >= 0.3 is 5.69 Å². The first kappa shape index (κ1) is 19.2. The van der Waals surface area contributed by atoms with Gasteiger partial charge in [-0.2, -0.15) is 0 Å². The smallest absolute Gasteiger partial charge is 0.332 e. The van der Waals surface area contributed by atoms with Crippen molar-refractivity contribution in [3.63, 3.8) is 0 Å². The number of fused-ring (bicyclic) bond motifs is 3. The molecule has 1 fully saturated rings. The van der Waals surface area contributed by atoms with Crippen molar-refractivity contribution >= 4 is 28.4 Å². The highest BCUT2D eigenvalue weighted by atomic mass is 32.2. The average molecular weight is 424 g/mol. The van der Waals surface area contributed by atoms with Crippen molar-refractivity contribution in [3.05, 3.63) is 67.7 Å². The highest BCUT2D eigenvalue weighted by molar-refractivity contribution is 8.16. The van der Waals surface area contributed by atoms with Gasteiger partial charge in [0.05, 0.1) is 24.3 Å². The molecular formula is C22H25N5O2S. The molecule has 0 spiro atoms. The topological polar surface area (TPSA) is 85.6 Å². The quantitative estimate of drug-likeness (QED) is 0.817. The minimum atomic E-state index is -0.371. The van der Waals surface area contributed by atoms with Crippen LogP contribution in [0.1, 0.15) is 43.7 Å². The van der Waals surface area contributed by atoms with Crippen LogP contribution in [0.2, 0.25) is 0 Å². The Labute approximate surface area is 178 Å². The molecule has 3 heterocycles. The fourth-order valence-corrected chi connectivity index (χ4v) is 5.75. The van der Waals surface area contributed by atoms with Gasteiger partial charge in [0.15, 0.2) is 5.17 Å². The third-order valence-corrected chi connectivity index (χ3v) is 7.12. The molecule has 0 saturated heterocycles. The summed E-state index contributed by atoms with van der Waals surface area (Å²) in [6.07, 6.45) is 4.50. The molecule has 1 aromatic carbocycles. The lowest BCUT2D eigenvalue weighted by Crippen LogP contribution is -2.45. The van der Waals surface area contributed by atoms with Crippen LogP contribution in [0.25, 0.3) is 5.70 Å². The van der Waals surface area contributed by atoms with Crippen molar-refractivity contribution in [2.24, 2.45) is 4.99 Å². The Balaban J connectivity index is 1.64. The van der Waals surface area contributed by atoms with E-state index in [2.05, 4.69) is 4.90 Å². The van der Waals surface area contributed by atoms with E-state index in [0.717, 1.165) is 29.3 Å². The lowest BCUT2D eigenvalue weighted by molar-refractivity contribution is 0.305. The van der Waals surface area contributed by atoms with E-state index in [4.69, 9.17) is 10.7 Å². The van der Waals surface area contributed by atoms with Gasteiger partial charge in [0, 0.05) is 12.0 Å². The maximum atomic E-state index is 13.3. The molecule has 2 atom stereocenters. The number of amidine groups is 1. The molecule has 1 aromatic heterocycles. The zero-order chi connectivity index (χ0) is 20.8. The summed E-state index contributed by atoms with van der Waals surface area (Å²) in [7, 11) is 0. The molecule has 0 bridgehead atoms. The summed E-state index contributed by atoms with van der Waals surface area (Å²) in [6, 6.07) is 10.3. The van der Waals surface area contributed by atoms with Gasteiger partial charge in [-0.1, -0.05) is 54.9 Å². The number of nitrogens with zero attached hydrogens (tertiary/aromatic N) is 4. The van der Waals surface area contributed by atoms with Gasteiger partial charge in [-0.05, 0) is 25.3 Å². The van der Waals surface area contributed by atoms with Crippen LogP contribution < -0.4 is 17.0 Å². The summed E-state index contributed by atoms with van der Waals surface area (Å²) in [4.78, 5) is 33.5. The number of thioether (sulfide) groups is 1. The molecule has 30 heavy (non-hydrogen) atoms. The van der Waals surface area contributed by atoms with Crippen LogP contribution in [0.5, 0.6) is 0 Å². The van der Waals surface area contributed by atoms with Crippen molar-refractivity contribution in [2.75, 3.05) is 5.73 Å². The number of hydrogen-bond acceptors (Lipinski definition) is 6. The molecule has 0 unspecified atom stereocenters. The van der Waals surface area contributed by atoms with Gasteiger partial charge in [0.2, 0.25) is 0 Å². The Kier molecular flexibility index (Phi) is 4.81. The molecule has 3 aliphatic rings. The number of nitrogens with two attached hydrogens (primary N) is 1. The van der Waals surface area contributed by atoms with Crippen LogP contribution in [0.15, 0.2) is 50.3 Å². The summed E-state index contributed by atoms with van der Waals surface area (Å²) in [6.45, 7) is 2.44. The molecule has 5 rings (SSSR count). The standard InChI is InChI=1S/C22H25N5O2S/c1-2-25-20(28)18(19(23)26(22(25)29)12-14-8-4-3-5-9-14)17-13-30-21-24-15-10-6-7-11-16(15)27(17)21/h3-5,8-9,13,15-16H,2,6-7,10-12,23H2,1H3/t15-,16+/m1/s1. The van der Waals surface area contributed by atoms with E-state index in [1.54, 1.807) is 11.8 Å². The number of nitrogen functional groups attached to an aromatic ring is 1. The minimum absolute atomic E-state index is 0.228. The molecule has 0 amide bonds. The van der Waals surface area contributed by atoms with E-state index in [0.29, 0.717) is 18.7 Å². The van der Waals surface area contributed by atoms with Crippen LogP contribution in [-0.4, -0.2) is 31.3 Å². The normalized spacial score (nSPS) is 22.5. The summed E-state index contributed by atoms with van der Waals surface area (Å²) < 4.78 is 2.80. The lowest BCUT2D eigenvalue weighted by atomic mass is 9.90. The van der Waals surface area contributed by atoms with Gasteiger partial charge < -0.3 is 10.6 Å². The van der Waals surface area contributed by atoms with E-state index in [-0.39, 0.29) is 29.2 Å². The molecule has 2 N–H and O–H groups in total. The second-order valence-electron chi connectivity index (χ2n) is 7.99. The minimum Gasteiger partial charge on any atom is -0.384 e. The van der Waals surface area contributed by atoms with Crippen molar-refractivity contribution < 1.29 is 0 Å². The molecule has 1 saturated carbocycles.